The maximum atomic E-state index is 5.45. The quantitative estimate of drug-likeness (QED) is 0.833. The van der Waals surface area contributed by atoms with E-state index in [1.807, 2.05) is 0 Å². The monoisotopic (exact) mass is 281 g/mol. The fourth-order valence-electron chi connectivity index (χ4n) is 4.14. The lowest BCUT2D eigenvalue weighted by molar-refractivity contribution is 0.0203. The first kappa shape index (κ1) is 14.8. The van der Waals surface area contributed by atoms with Crippen LogP contribution in [0.4, 0.5) is 0 Å². The Bertz CT molecular complexity index is 298. The molecule has 4 heteroatoms. The summed E-state index contributed by atoms with van der Waals surface area (Å²) in [5.74, 6) is 0.875. The van der Waals surface area contributed by atoms with Gasteiger partial charge in [-0.05, 0) is 43.7 Å². The highest BCUT2D eigenvalue weighted by atomic mass is 16.5. The Labute approximate surface area is 123 Å². The van der Waals surface area contributed by atoms with E-state index < -0.39 is 0 Å². The van der Waals surface area contributed by atoms with Gasteiger partial charge in [0, 0.05) is 39.3 Å². The van der Waals surface area contributed by atoms with Crippen molar-refractivity contribution < 1.29 is 4.74 Å². The number of nitrogens with one attached hydrogen (secondary N) is 1. The van der Waals surface area contributed by atoms with Crippen LogP contribution in [-0.4, -0.2) is 75.4 Å². The zero-order valence-electron chi connectivity index (χ0n) is 13.1. The molecular formula is C16H31N3O. The topological polar surface area (TPSA) is 27.7 Å². The largest absolute Gasteiger partial charge is 0.379 e. The molecule has 0 saturated carbocycles. The Kier molecular flexibility index (Phi) is 4.97. The Morgan fingerprint density at radius 1 is 1.20 bits per heavy atom. The maximum Gasteiger partial charge on any atom is 0.0594 e. The van der Waals surface area contributed by atoms with E-state index >= 15 is 0 Å². The molecule has 3 fully saturated rings. The van der Waals surface area contributed by atoms with Gasteiger partial charge in [0.05, 0.1) is 13.2 Å². The lowest BCUT2D eigenvalue weighted by Crippen LogP contribution is -2.47. The highest BCUT2D eigenvalue weighted by molar-refractivity contribution is 4.88. The first-order valence-corrected chi connectivity index (χ1v) is 8.47. The van der Waals surface area contributed by atoms with Gasteiger partial charge in [-0.2, -0.15) is 0 Å². The molecule has 0 radical (unpaired) electrons. The van der Waals surface area contributed by atoms with Gasteiger partial charge in [-0.1, -0.05) is 6.92 Å². The molecule has 3 heterocycles. The normalized spacial score (nSPS) is 37.4. The van der Waals surface area contributed by atoms with E-state index in [0.717, 1.165) is 32.2 Å². The van der Waals surface area contributed by atoms with Crippen LogP contribution in [-0.2, 0) is 4.74 Å². The average Bonchev–Trinajstić information content (AvgIpc) is 2.87. The van der Waals surface area contributed by atoms with Crippen molar-refractivity contribution in [3.63, 3.8) is 0 Å². The second-order valence-electron chi connectivity index (χ2n) is 7.39. The van der Waals surface area contributed by atoms with Crippen LogP contribution >= 0.6 is 0 Å². The Balaban J connectivity index is 1.46. The zero-order valence-corrected chi connectivity index (χ0v) is 13.1. The third-order valence-electron chi connectivity index (χ3n) is 5.29. The average molecular weight is 281 g/mol. The molecular weight excluding hydrogens is 250 g/mol. The van der Waals surface area contributed by atoms with Crippen LogP contribution in [0.5, 0.6) is 0 Å². The van der Waals surface area contributed by atoms with Crippen molar-refractivity contribution in [1.29, 1.82) is 0 Å². The van der Waals surface area contributed by atoms with Gasteiger partial charge in [0.1, 0.15) is 0 Å². The fraction of sp³-hybridized carbons (Fsp3) is 1.00. The SMILES string of the molecule is CC1(CN2CCCC(CN3CCOCC3)C2)CCNC1. The van der Waals surface area contributed by atoms with E-state index in [9.17, 15) is 0 Å². The molecule has 0 aliphatic carbocycles. The van der Waals surface area contributed by atoms with Gasteiger partial charge in [-0.3, -0.25) is 4.90 Å². The molecule has 4 nitrogen and oxygen atoms in total. The van der Waals surface area contributed by atoms with Crippen LogP contribution < -0.4 is 5.32 Å². The van der Waals surface area contributed by atoms with E-state index in [1.54, 1.807) is 0 Å². The predicted octanol–water partition coefficient (Wildman–Crippen LogP) is 1.03. The van der Waals surface area contributed by atoms with Crippen molar-refractivity contribution in [1.82, 2.24) is 15.1 Å². The Morgan fingerprint density at radius 2 is 2.05 bits per heavy atom. The van der Waals surface area contributed by atoms with E-state index in [-0.39, 0.29) is 0 Å². The van der Waals surface area contributed by atoms with Crippen LogP contribution in [0.1, 0.15) is 26.2 Å². The number of hydrogen-bond donors (Lipinski definition) is 1. The predicted molar refractivity (Wildman–Crippen MR) is 82.0 cm³/mol. The summed E-state index contributed by atoms with van der Waals surface area (Å²) in [6, 6.07) is 0. The molecule has 0 aromatic heterocycles. The Hall–Kier alpha value is -0.160. The lowest BCUT2D eigenvalue weighted by Gasteiger charge is -2.39. The lowest BCUT2D eigenvalue weighted by atomic mass is 9.87. The molecule has 0 aromatic carbocycles. The van der Waals surface area contributed by atoms with E-state index in [4.69, 9.17) is 4.74 Å². The molecule has 1 N–H and O–H groups in total. The molecule has 0 amide bonds. The molecule has 20 heavy (non-hydrogen) atoms. The molecule has 0 aromatic rings. The van der Waals surface area contributed by atoms with Gasteiger partial charge in [0.15, 0.2) is 0 Å². The number of morpholine rings is 1. The molecule has 3 aliphatic rings. The van der Waals surface area contributed by atoms with Crippen molar-refractivity contribution in [3.8, 4) is 0 Å². The molecule has 3 saturated heterocycles. The van der Waals surface area contributed by atoms with Crippen LogP contribution in [0.15, 0.2) is 0 Å². The molecule has 2 unspecified atom stereocenters. The molecule has 2 atom stereocenters. The van der Waals surface area contributed by atoms with Gasteiger partial charge in [-0.25, -0.2) is 0 Å². The van der Waals surface area contributed by atoms with Gasteiger partial charge in [0.25, 0.3) is 0 Å². The van der Waals surface area contributed by atoms with E-state index in [2.05, 4.69) is 22.0 Å². The van der Waals surface area contributed by atoms with Gasteiger partial charge in [-0.15, -0.1) is 0 Å². The van der Waals surface area contributed by atoms with Gasteiger partial charge in [0.2, 0.25) is 0 Å². The Morgan fingerprint density at radius 3 is 2.80 bits per heavy atom. The van der Waals surface area contributed by atoms with Crippen LogP contribution in [0, 0.1) is 11.3 Å². The van der Waals surface area contributed by atoms with Crippen molar-refractivity contribution in [2.75, 3.05) is 65.6 Å². The first-order valence-electron chi connectivity index (χ1n) is 8.47. The van der Waals surface area contributed by atoms with Gasteiger partial charge < -0.3 is 15.0 Å². The molecule has 3 rings (SSSR count). The van der Waals surface area contributed by atoms with Crippen LogP contribution in [0.3, 0.4) is 0 Å². The summed E-state index contributed by atoms with van der Waals surface area (Å²) in [5, 5.41) is 3.53. The van der Waals surface area contributed by atoms with Crippen LogP contribution in [0.25, 0.3) is 0 Å². The third-order valence-corrected chi connectivity index (χ3v) is 5.29. The number of piperidine rings is 1. The smallest absolute Gasteiger partial charge is 0.0594 e. The second kappa shape index (κ2) is 6.73. The van der Waals surface area contributed by atoms with Crippen LogP contribution in [0.2, 0.25) is 0 Å². The summed E-state index contributed by atoms with van der Waals surface area (Å²) in [6.07, 6.45) is 4.15. The summed E-state index contributed by atoms with van der Waals surface area (Å²) >= 11 is 0. The van der Waals surface area contributed by atoms with Gasteiger partial charge >= 0.3 is 0 Å². The third kappa shape index (κ3) is 3.94. The highest BCUT2D eigenvalue weighted by Gasteiger charge is 2.32. The summed E-state index contributed by atoms with van der Waals surface area (Å²) < 4.78 is 5.45. The van der Waals surface area contributed by atoms with Crippen molar-refractivity contribution in [2.24, 2.45) is 11.3 Å². The minimum absolute atomic E-state index is 0.515. The molecule has 3 aliphatic heterocycles. The minimum atomic E-state index is 0.515. The minimum Gasteiger partial charge on any atom is -0.379 e. The molecule has 0 spiro atoms. The number of rotatable bonds is 4. The first-order chi connectivity index (χ1) is 9.73. The number of ether oxygens (including phenoxy) is 1. The second-order valence-corrected chi connectivity index (χ2v) is 7.39. The number of likely N-dealkylation sites (tertiary alicyclic amines) is 1. The zero-order chi connectivity index (χ0) is 13.8. The highest BCUT2D eigenvalue weighted by Crippen LogP contribution is 2.28. The maximum absolute atomic E-state index is 5.45. The fourth-order valence-corrected chi connectivity index (χ4v) is 4.14. The summed E-state index contributed by atoms with van der Waals surface area (Å²) in [7, 11) is 0. The van der Waals surface area contributed by atoms with E-state index in [1.165, 1.54) is 58.5 Å². The van der Waals surface area contributed by atoms with E-state index in [0.29, 0.717) is 5.41 Å². The summed E-state index contributed by atoms with van der Waals surface area (Å²) in [5.41, 5.74) is 0.515. The summed E-state index contributed by atoms with van der Waals surface area (Å²) in [4.78, 5) is 5.35. The molecule has 0 bridgehead atoms. The summed E-state index contributed by atoms with van der Waals surface area (Å²) in [6.45, 7) is 14.2. The standard InChI is InChI=1S/C16H31N3O/c1-16(4-5-17-13-16)14-19-6-2-3-15(12-19)11-18-7-9-20-10-8-18/h15,17H,2-14H2,1H3. The molecule has 116 valence electrons. The van der Waals surface area contributed by atoms with Crippen molar-refractivity contribution in [3.05, 3.63) is 0 Å². The van der Waals surface area contributed by atoms with Crippen molar-refractivity contribution in [2.45, 2.75) is 26.2 Å². The number of nitrogens with zero attached hydrogens (tertiary/aromatic N) is 2. The van der Waals surface area contributed by atoms with Crippen molar-refractivity contribution >= 4 is 0 Å². The number of hydrogen-bond acceptors (Lipinski definition) is 4.